The summed E-state index contributed by atoms with van der Waals surface area (Å²) < 4.78 is 0. The van der Waals surface area contributed by atoms with Gasteiger partial charge in [-0.1, -0.05) is 121 Å². The molecule has 38 heavy (non-hydrogen) atoms. The molecule has 4 aromatic carbocycles. The number of aromatic carboxylic acids is 4. The summed E-state index contributed by atoms with van der Waals surface area (Å²) in [6.07, 6.45) is 0. The SMILES string of the molecule is O=C([O-])c1ccccc1.O=C([O-])c1ccccc1.O=C([O-])c1ccccc1.O=C([O-])c1ccccc1.[B+3].[Na+]. The molecule has 0 N–H and O–H groups in total. The van der Waals surface area contributed by atoms with Gasteiger partial charge in [-0.2, -0.15) is 0 Å². The van der Waals surface area contributed by atoms with E-state index in [9.17, 15) is 39.6 Å². The summed E-state index contributed by atoms with van der Waals surface area (Å²) in [4.78, 5) is 40.4. The van der Waals surface area contributed by atoms with E-state index in [1.807, 2.05) is 0 Å². The minimum Gasteiger partial charge on any atom is -0.545 e. The molecule has 0 atom stereocenters. The van der Waals surface area contributed by atoms with Gasteiger partial charge in [0.15, 0.2) is 0 Å². The molecule has 0 aliphatic rings. The molecular formula is C28H20BNaO8. The topological polar surface area (TPSA) is 161 Å². The maximum atomic E-state index is 10.1. The predicted molar refractivity (Wildman–Crippen MR) is 129 cm³/mol. The van der Waals surface area contributed by atoms with E-state index in [0.29, 0.717) is 0 Å². The van der Waals surface area contributed by atoms with Gasteiger partial charge in [-0.25, -0.2) is 0 Å². The van der Waals surface area contributed by atoms with Gasteiger partial charge in [-0.3, -0.25) is 0 Å². The zero-order valence-electron chi connectivity index (χ0n) is 20.4. The van der Waals surface area contributed by atoms with Gasteiger partial charge in [0.1, 0.15) is 0 Å². The molecule has 0 heterocycles. The third-order valence-electron chi connectivity index (χ3n) is 4.04. The van der Waals surface area contributed by atoms with Crippen molar-refractivity contribution in [3.05, 3.63) is 144 Å². The van der Waals surface area contributed by atoms with Gasteiger partial charge in [-0.15, -0.1) is 0 Å². The predicted octanol–water partition coefficient (Wildman–Crippen LogP) is -3.18. The summed E-state index contributed by atoms with van der Waals surface area (Å²) in [5.41, 5.74) is 0.880. The number of carboxylic acids is 4. The number of hydrogen-bond donors (Lipinski definition) is 0. The zero-order valence-corrected chi connectivity index (χ0v) is 22.4. The van der Waals surface area contributed by atoms with Crippen LogP contribution in [0.4, 0.5) is 0 Å². The Hall–Kier alpha value is -4.18. The second kappa shape index (κ2) is 21.0. The molecule has 10 heteroatoms. The summed E-state index contributed by atoms with van der Waals surface area (Å²) in [5.74, 6) is -4.52. The van der Waals surface area contributed by atoms with Gasteiger partial charge in [0.2, 0.25) is 0 Å². The van der Waals surface area contributed by atoms with Gasteiger partial charge in [0.25, 0.3) is 0 Å². The first-order valence-corrected chi connectivity index (χ1v) is 10.3. The monoisotopic (exact) mass is 518 g/mol. The molecule has 0 fully saturated rings. The van der Waals surface area contributed by atoms with Crippen molar-refractivity contribution in [3.63, 3.8) is 0 Å². The van der Waals surface area contributed by atoms with E-state index in [4.69, 9.17) is 0 Å². The normalized spacial score (nSPS) is 8.42. The van der Waals surface area contributed by atoms with E-state index < -0.39 is 23.9 Å². The Morgan fingerprint density at radius 1 is 0.342 bits per heavy atom. The molecule has 0 aliphatic carbocycles. The minimum atomic E-state index is -1.13. The molecule has 0 aliphatic heterocycles. The van der Waals surface area contributed by atoms with Crippen LogP contribution in [-0.2, 0) is 0 Å². The Morgan fingerprint density at radius 2 is 0.474 bits per heavy atom. The number of rotatable bonds is 4. The molecule has 0 saturated carbocycles. The van der Waals surface area contributed by atoms with Crippen LogP contribution in [-0.4, -0.2) is 32.3 Å². The van der Waals surface area contributed by atoms with Crippen molar-refractivity contribution in [2.24, 2.45) is 0 Å². The average molecular weight is 518 g/mol. The Kier molecular flexibility index (Phi) is 19.8. The molecule has 0 amide bonds. The van der Waals surface area contributed by atoms with E-state index in [2.05, 4.69) is 0 Å². The Bertz CT molecular complexity index is 1020. The molecule has 0 unspecified atom stereocenters. The fourth-order valence-corrected chi connectivity index (χ4v) is 2.30. The van der Waals surface area contributed by atoms with Crippen LogP contribution in [0.25, 0.3) is 0 Å². The average Bonchev–Trinajstić information content (AvgIpc) is 2.92. The maximum absolute atomic E-state index is 10.1. The number of carboxylic acid groups (broad SMARTS) is 4. The van der Waals surface area contributed by atoms with Crippen LogP contribution in [0.2, 0.25) is 0 Å². The first kappa shape index (κ1) is 36.0. The summed E-state index contributed by atoms with van der Waals surface area (Å²) in [6, 6.07) is 32.3. The van der Waals surface area contributed by atoms with Crippen LogP contribution in [0.5, 0.6) is 0 Å². The molecular weight excluding hydrogens is 498 g/mol. The van der Waals surface area contributed by atoms with Crippen LogP contribution < -0.4 is 50.0 Å². The minimum absolute atomic E-state index is 0. The zero-order chi connectivity index (χ0) is 26.8. The maximum Gasteiger partial charge on any atom is 3.00 e. The third kappa shape index (κ3) is 15.7. The summed E-state index contributed by atoms with van der Waals surface area (Å²) in [7, 11) is 0. The molecule has 0 radical (unpaired) electrons. The molecule has 4 rings (SSSR count). The number of benzene rings is 4. The van der Waals surface area contributed by atoms with E-state index in [1.165, 1.54) is 48.5 Å². The van der Waals surface area contributed by atoms with Crippen LogP contribution in [0.1, 0.15) is 41.4 Å². The van der Waals surface area contributed by atoms with E-state index >= 15 is 0 Å². The van der Waals surface area contributed by atoms with E-state index in [1.54, 1.807) is 72.8 Å². The van der Waals surface area contributed by atoms with Crippen molar-refractivity contribution in [1.82, 2.24) is 0 Å². The molecule has 8 nitrogen and oxygen atoms in total. The Morgan fingerprint density at radius 3 is 0.553 bits per heavy atom. The second-order valence-electron chi connectivity index (χ2n) is 6.61. The van der Waals surface area contributed by atoms with E-state index in [-0.39, 0.29) is 60.2 Å². The van der Waals surface area contributed by atoms with Crippen molar-refractivity contribution < 1.29 is 69.2 Å². The molecule has 0 bridgehead atoms. The standard InChI is InChI=1S/4C7H6O2.B.Na/c4*8-7(9)6-4-2-1-3-5-6;;/h4*1-5H,(H,8,9);;/q;;;;+3;+1/p-4. The Balaban J connectivity index is 0. The van der Waals surface area contributed by atoms with Crippen molar-refractivity contribution >= 4 is 32.3 Å². The van der Waals surface area contributed by atoms with Crippen LogP contribution in [0, 0.1) is 0 Å². The van der Waals surface area contributed by atoms with Crippen molar-refractivity contribution in [2.45, 2.75) is 0 Å². The van der Waals surface area contributed by atoms with Gasteiger partial charge >= 0.3 is 38.0 Å². The van der Waals surface area contributed by atoms with Crippen LogP contribution >= 0.6 is 0 Å². The smallest absolute Gasteiger partial charge is 0.545 e. The van der Waals surface area contributed by atoms with Crippen molar-refractivity contribution in [1.29, 1.82) is 0 Å². The fraction of sp³-hybridized carbons (Fsp3) is 0. The quantitative estimate of drug-likeness (QED) is 0.256. The molecule has 184 valence electrons. The number of carbonyl (C=O) groups excluding carboxylic acids is 4. The fourth-order valence-electron chi connectivity index (χ4n) is 2.30. The van der Waals surface area contributed by atoms with Gasteiger partial charge in [0.05, 0.1) is 23.9 Å². The summed E-state index contributed by atoms with van der Waals surface area (Å²) in [5, 5.41) is 40.4. The van der Waals surface area contributed by atoms with Crippen LogP contribution in [0.15, 0.2) is 121 Å². The van der Waals surface area contributed by atoms with Crippen molar-refractivity contribution in [2.75, 3.05) is 0 Å². The number of carbonyl (C=O) groups is 4. The summed E-state index contributed by atoms with van der Waals surface area (Å²) in [6.45, 7) is 0. The third-order valence-corrected chi connectivity index (χ3v) is 4.04. The largest absolute Gasteiger partial charge is 3.00 e. The summed E-state index contributed by atoms with van der Waals surface area (Å²) >= 11 is 0. The van der Waals surface area contributed by atoms with Gasteiger partial charge < -0.3 is 39.6 Å². The van der Waals surface area contributed by atoms with Gasteiger partial charge in [-0.05, 0) is 22.3 Å². The van der Waals surface area contributed by atoms with Crippen molar-refractivity contribution in [3.8, 4) is 0 Å². The first-order chi connectivity index (χ1) is 17.2. The molecule has 0 aromatic heterocycles. The van der Waals surface area contributed by atoms with E-state index in [0.717, 1.165) is 0 Å². The first-order valence-electron chi connectivity index (χ1n) is 10.3. The molecule has 0 spiro atoms. The number of hydrogen-bond acceptors (Lipinski definition) is 8. The van der Waals surface area contributed by atoms with Gasteiger partial charge in [0, 0.05) is 0 Å². The Labute approximate surface area is 244 Å². The second-order valence-corrected chi connectivity index (χ2v) is 6.61. The van der Waals surface area contributed by atoms with Crippen LogP contribution in [0.3, 0.4) is 0 Å². The molecule has 4 aromatic rings. The molecule has 0 saturated heterocycles.